The molecule has 144 valence electrons. The Morgan fingerprint density at radius 2 is 1.62 bits per heavy atom. The maximum absolute atomic E-state index is 13.1. The molecule has 26 heavy (non-hydrogen) atoms. The van der Waals surface area contributed by atoms with Gasteiger partial charge in [0, 0.05) is 33.2 Å². The smallest absolute Gasteiger partial charge is 0.247 e. The van der Waals surface area contributed by atoms with Crippen LogP contribution in [0.5, 0.6) is 0 Å². The van der Waals surface area contributed by atoms with Gasteiger partial charge in [0.05, 0.1) is 17.6 Å². The SMILES string of the molecule is Cc1nn(C)c(C)c1S(=O)(=O)N1CCCN(S(=O)(=O)c2cnoc2)CC1. The molecule has 0 bridgehead atoms. The Morgan fingerprint density at radius 3 is 2.12 bits per heavy atom. The average molecular weight is 403 g/mol. The van der Waals surface area contributed by atoms with E-state index in [1.54, 1.807) is 20.9 Å². The number of aromatic nitrogens is 3. The van der Waals surface area contributed by atoms with Crippen molar-refractivity contribution < 1.29 is 21.4 Å². The molecule has 0 atom stereocenters. The van der Waals surface area contributed by atoms with Gasteiger partial charge in [0.25, 0.3) is 0 Å². The van der Waals surface area contributed by atoms with Gasteiger partial charge in [-0.3, -0.25) is 4.68 Å². The first kappa shape index (κ1) is 19.0. The molecule has 0 amide bonds. The highest BCUT2D eigenvalue weighted by Crippen LogP contribution is 2.25. The lowest BCUT2D eigenvalue weighted by Crippen LogP contribution is -2.37. The largest absolute Gasteiger partial charge is 0.363 e. The Bertz CT molecular complexity index is 995. The molecule has 0 aromatic carbocycles. The van der Waals surface area contributed by atoms with Crippen molar-refractivity contribution in [3.05, 3.63) is 23.8 Å². The number of sulfonamides is 2. The molecule has 0 radical (unpaired) electrons. The van der Waals surface area contributed by atoms with E-state index in [1.807, 2.05) is 0 Å². The third-order valence-corrected chi connectivity index (χ3v) is 8.50. The van der Waals surface area contributed by atoms with Crippen molar-refractivity contribution in [2.24, 2.45) is 7.05 Å². The van der Waals surface area contributed by atoms with Crippen molar-refractivity contribution in [3.63, 3.8) is 0 Å². The Balaban J connectivity index is 1.85. The predicted molar refractivity (Wildman–Crippen MR) is 91.3 cm³/mol. The van der Waals surface area contributed by atoms with Crippen molar-refractivity contribution in [1.29, 1.82) is 0 Å². The van der Waals surface area contributed by atoms with E-state index in [1.165, 1.54) is 13.3 Å². The Kier molecular flexibility index (Phi) is 4.94. The molecular weight excluding hydrogens is 382 g/mol. The molecule has 2 aromatic heterocycles. The Hall–Kier alpha value is -1.76. The van der Waals surface area contributed by atoms with Gasteiger partial charge in [0.1, 0.15) is 16.1 Å². The average Bonchev–Trinajstić information content (AvgIpc) is 3.09. The summed E-state index contributed by atoms with van der Waals surface area (Å²) in [6, 6.07) is 0. The zero-order valence-corrected chi connectivity index (χ0v) is 16.4. The summed E-state index contributed by atoms with van der Waals surface area (Å²) in [5, 5.41) is 7.60. The minimum Gasteiger partial charge on any atom is -0.363 e. The highest BCUT2D eigenvalue weighted by atomic mass is 32.2. The lowest BCUT2D eigenvalue weighted by Gasteiger charge is -2.21. The van der Waals surface area contributed by atoms with Crippen molar-refractivity contribution in [2.45, 2.75) is 30.1 Å². The van der Waals surface area contributed by atoms with Crippen LogP contribution in [0.25, 0.3) is 0 Å². The zero-order chi connectivity index (χ0) is 19.1. The number of hydrogen-bond donors (Lipinski definition) is 0. The van der Waals surface area contributed by atoms with E-state index in [4.69, 9.17) is 0 Å². The van der Waals surface area contributed by atoms with Gasteiger partial charge in [0.15, 0.2) is 0 Å². The molecule has 12 heteroatoms. The molecule has 2 aromatic rings. The summed E-state index contributed by atoms with van der Waals surface area (Å²) in [6.07, 6.45) is 2.59. The third-order valence-electron chi connectivity index (χ3n) is 4.50. The molecule has 1 aliphatic heterocycles. The first-order valence-corrected chi connectivity index (χ1v) is 10.9. The van der Waals surface area contributed by atoms with E-state index in [2.05, 4.69) is 14.8 Å². The second kappa shape index (κ2) is 6.76. The lowest BCUT2D eigenvalue weighted by atomic mass is 10.4. The van der Waals surface area contributed by atoms with Crippen LogP contribution in [-0.4, -0.2) is 66.6 Å². The van der Waals surface area contributed by atoms with Gasteiger partial charge < -0.3 is 4.52 Å². The van der Waals surface area contributed by atoms with E-state index in [-0.39, 0.29) is 36.0 Å². The first-order chi connectivity index (χ1) is 12.2. The van der Waals surface area contributed by atoms with Gasteiger partial charge in [0.2, 0.25) is 20.0 Å². The number of hydrogen-bond acceptors (Lipinski definition) is 7. The minimum absolute atomic E-state index is 0.0345. The quantitative estimate of drug-likeness (QED) is 0.711. The molecule has 1 aliphatic rings. The van der Waals surface area contributed by atoms with E-state index in [0.29, 0.717) is 17.8 Å². The standard InChI is InChI=1S/C14H21N5O5S2/c1-11-14(12(2)17(3)16-11)26(22,23)19-6-4-5-18(7-8-19)25(20,21)13-9-15-24-10-13/h9-10H,4-8H2,1-3H3. The summed E-state index contributed by atoms with van der Waals surface area (Å²) in [4.78, 5) is 0.156. The fourth-order valence-electron chi connectivity index (χ4n) is 3.08. The molecule has 10 nitrogen and oxygen atoms in total. The van der Waals surface area contributed by atoms with Crippen LogP contribution in [0.4, 0.5) is 0 Å². The minimum atomic E-state index is -3.75. The maximum Gasteiger partial charge on any atom is 0.247 e. The Labute approximate surface area is 152 Å². The van der Waals surface area contributed by atoms with E-state index in [9.17, 15) is 16.8 Å². The molecule has 0 aliphatic carbocycles. The van der Waals surface area contributed by atoms with Gasteiger partial charge in [-0.1, -0.05) is 5.16 Å². The lowest BCUT2D eigenvalue weighted by molar-refractivity contribution is 0.401. The van der Waals surface area contributed by atoms with Crippen LogP contribution in [0.3, 0.4) is 0 Å². The van der Waals surface area contributed by atoms with Gasteiger partial charge in [-0.2, -0.15) is 13.7 Å². The predicted octanol–water partition coefficient (Wildman–Crippen LogP) is 0.110. The second-order valence-corrected chi connectivity index (χ2v) is 9.96. The molecule has 3 rings (SSSR count). The summed E-state index contributed by atoms with van der Waals surface area (Å²) in [5.74, 6) is 0. The van der Waals surface area contributed by atoms with Crippen molar-refractivity contribution in [3.8, 4) is 0 Å². The molecule has 0 N–H and O–H groups in total. The zero-order valence-electron chi connectivity index (χ0n) is 14.8. The first-order valence-electron chi connectivity index (χ1n) is 8.05. The summed E-state index contributed by atoms with van der Waals surface area (Å²) >= 11 is 0. The molecule has 0 unspecified atom stereocenters. The monoisotopic (exact) mass is 403 g/mol. The molecule has 0 saturated carbocycles. The van der Waals surface area contributed by atoms with Crippen molar-refractivity contribution >= 4 is 20.0 Å². The van der Waals surface area contributed by atoms with Crippen LogP contribution >= 0.6 is 0 Å². The van der Waals surface area contributed by atoms with Gasteiger partial charge in [-0.15, -0.1) is 0 Å². The van der Waals surface area contributed by atoms with Gasteiger partial charge in [-0.05, 0) is 20.3 Å². The van der Waals surface area contributed by atoms with E-state index < -0.39 is 20.0 Å². The fourth-order valence-corrected chi connectivity index (χ4v) is 6.28. The Morgan fingerprint density at radius 1 is 1.00 bits per heavy atom. The van der Waals surface area contributed by atoms with Gasteiger partial charge >= 0.3 is 0 Å². The second-order valence-electron chi connectivity index (χ2n) is 6.15. The number of aryl methyl sites for hydroxylation is 2. The summed E-state index contributed by atoms with van der Waals surface area (Å²) in [7, 11) is -5.81. The summed E-state index contributed by atoms with van der Waals surface area (Å²) in [6.45, 7) is 3.95. The highest BCUT2D eigenvalue weighted by Gasteiger charge is 2.34. The normalized spacial score (nSPS) is 18.1. The number of rotatable bonds is 4. The summed E-state index contributed by atoms with van der Waals surface area (Å²) in [5.41, 5.74) is 0.990. The van der Waals surface area contributed by atoms with Gasteiger partial charge in [-0.25, -0.2) is 16.8 Å². The van der Waals surface area contributed by atoms with Crippen molar-refractivity contribution in [1.82, 2.24) is 23.5 Å². The van der Waals surface area contributed by atoms with Crippen LogP contribution in [0.15, 0.2) is 26.8 Å². The summed E-state index contributed by atoms with van der Waals surface area (Å²) < 4.78 is 60.0. The molecule has 1 saturated heterocycles. The highest BCUT2D eigenvalue weighted by molar-refractivity contribution is 7.89. The third kappa shape index (κ3) is 3.17. The van der Waals surface area contributed by atoms with Crippen molar-refractivity contribution in [2.75, 3.05) is 26.2 Å². The molecule has 1 fully saturated rings. The molecular formula is C14H21N5O5S2. The molecule has 0 spiro atoms. The van der Waals surface area contributed by atoms with Crippen LogP contribution in [0.1, 0.15) is 17.8 Å². The number of nitrogens with zero attached hydrogens (tertiary/aromatic N) is 5. The van der Waals surface area contributed by atoms with E-state index in [0.717, 1.165) is 12.5 Å². The van der Waals surface area contributed by atoms with Crippen LogP contribution in [0.2, 0.25) is 0 Å². The fraction of sp³-hybridized carbons (Fsp3) is 0.571. The van der Waals surface area contributed by atoms with Crippen LogP contribution in [-0.2, 0) is 27.1 Å². The maximum atomic E-state index is 13.1. The molecule has 3 heterocycles. The topological polar surface area (TPSA) is 119 Å². The van der Waals surface area contributed by atoms with Crippen LogP contribution in [0, 0.1) is 13.8 Å². The van der Waals surface area contributed by atoms with Crippen LogP contribution < -0.4 is 0 Å². The van der Waals surface area contributed by atoms with E-state index >= 15 is 0 Å².